The Kier molecular flexibility index (Phi) is 3.63. The highest BCUT2D eigenvalue weighted by Crippen LogP contribution is 2.10. The molecule has 0 fully saturated rings. The summed E-state index contributed by atoms with van der Waals surface area (Å²) in [4.78, 5) is 11.2. The van der Waals surface area contributed by atoms with Crippen LogP contribution in [0.1, 0.15) is 29.8 Å². The number of ketones is 1. The highest BCUT2D eigenvalue weighted by Gasteiger charge is 2.01. The van der Waals surface area contributed by atoms with E-state index in [4.69, 9.17) is 0 Å². The first kappa shape index (κ1) is 10.7. The maximum Gasteiger partial charge on any atom is 0.185 e. The van der Waals surface area contributed by atoms with E-state index >= 15 is 0 Å². The van der Waals surface area contributed by atoms with Gasteiger partial charge in [-0.2, -0.15) is 0 Å². The van der Waals surface area contributed by atoms with E-state index in [9.17, 15) is 4.79 Å². The molecule has 0 bridgehead atoms. The van der Waals surface area contributed by atoms with Crippen LogP contribution in [0.4, 0.5) is 0 Å². The van der Waals surface area contributed by atoms with Gasteiger partial charge < -0.3 is 0 Å². The van der Waals surface area contributed by atoms with Crippen molar-refractivity contribution in [2.45, 2.75) is 20.3 Å². The number of rotatable bonds is 4. The van der Waals surface area contributed by atoms with Crippen molar-refractivity contribution in [3.05, 3.63) is 48.0 Å². The van der Waals surface area contributed by atoms with Crippen LogP contribution in [-0.4, -0.2) is 5.78 Å². The molecule has 0 unspecified atom stereocenters. The van der Waals surface area contributed by atoms with E-state index in [1.54, 1.807) is 0 Å². The van der Waals surface area contributed by atoms with E-state index < -0.39 is 0 Å². The molecule has 0 aliphatic carbocycles. The summed E-state index contributed by atoms with van der Waals surface area (Å²) in [6.45, 7) is 7.82. The lowest BCUT2D eigenvalue weighted by Crippen LogP contribution is -1.96. The highest BCUT2D eigenvalue weighted by atomic mass is 16.1. The summed E-state index contributed by atoms with van der Waals surface area (Å²) in [6.07, 6.45) is 2.40. The Balaban J connectivity index is 2.78. The maximum absolute atomic E-state index is 11.2. The normalized spacial score (nSPS) is 10.2. The lowest BCUT2D eigenvalue weighted by molar-refractivity contribution is 0.104. The first-order chi connectivity index (χ1) is 6.63. The van der Waals surface area contributed by atoms with Crippen molar-refractivity contribution in [2.24, 2.45) is 5.92 Å². The monoisotopic (exact) mass is 188 g/mol. The molecule has 0 heterocycles. The fourth-order valence-electron chi connectivity index (χ4n) is 1.39. The zero-order valence-corrected chi connectivity index (χ0v) is 8.79. The first-order valence-electron chi connectivity index (χ1n) is 4.89. The smallest absolute Gasteiger partial charge is 0.185 e. The number of benzene rings is 1. The van der Waals surface area contributed by atoms with E-state index in [1.165, 1.54) is 11.6 Å². The molecule has 0 spiro atoms. The number of allylic oxidation sites excluding steroid dienone is 1. The number of hydrogen-bond donors (Lipinski definition) is 0. The van der Waals surface area contributed by atoms with Crippen molar-refractivity contribution in [1.29, 1.82) is 0 Å². The van der Waals surface area contributed by atoms with Crippen molar-refractivity contribution < 1.29 is 4.79 Å². The van der Waals surface area contributed by atoms with Gasteiger partial charge in [0.1, 0.15) is 0 Å². The Morgan fingerprint density at radius 1 is 1.36 bits per heavy atom. The van der Waals surface area contributed by atoms with Crippen molar-refractivity contribution in [2.75, 3.05) is 0 Å². The molecule has 0 amide bonds. The van der Waals surface area contributed by atoms with E-state index in [0.29, 0.717) is 11.5 Å². The van der Waals surface area contributed by atoms with Gasteiger partial charge in [-0.15, -0.1) is 0 Å². The molecule has 0 aliphatic heterocycles. The summed E-state index contributed by atoms with van der Waals surface area (Å²) in [5.74, 6) is 0.636. The summed E-state index contributed by atoms with van der Waals surface area (Å²) in [6, 6.07) is 7.75. The maximum atomic E-state index is 11.2. The molecule has 74 valence electrons. The predicted molar refractivity (Wildman–Crippen MR) is 59.5 cm³/mol. The molecule has 1 heteroatoms. The summed E-state index contributed by atoms with van der Waals surface area (Å²) in [7, 11) is 0. The third-order valence-electron chi connectivity index (χ3n) is 2.07. The summed E-state index contributed by atoms with van der Waals surface area (Å²) >= 11 is 0. The van der Waals surface area contributed by atoms with Crippen LogP contribution in [0.5, 0.6) is 0 Å². The molecule has 0 radical (unpaired) electrons. The fourth-order valence-corrected chi connectivity index (χ4v) is 1.39. The van der Waals surface area contributed by atoms with Crippen molar-refractivity contribution in [3.63, 3.8) is 0 Å². The topological polar surface area (TPSA) is 17.1 Å². The van der Waals surface area contributed by atoms with Crippen molar-refractivity contribution in [3.8, 4) is 0 Å². The Morgan fingerprint density at radius 2 is 1.93 bits per heavy atom. The van der Waals surface area contributed by atoms with Crippen LogP contribution >= 0.6 is 0 Å². The van der Waals surface area contributed by atoms with Gasteiger partial charge in [0.25, 0.3) is 0 Å². The second-order valence-electron chi connectivity index (χ2n) is 3.86. The van der Waals surface area contributed by atoms with Crippen LogP contribution in [0.15, 0.2) is 36.9 Å². The van der Waals surface area contributed by atoms with Crippen LogP contribution in [-0.2, 0) is 6.42 Å². The van der Waals surface area contributed by atoms with E-state index in [2.05, 4.69) is 20.4 Å². The van der Waals surface area contributed by atoms with Gasteiger partial charge in [-0.1, -0.05) is 44.7 Å². The van der Waals surface area contributed by atoms with Crippen LogP contribution in [0.3, 0.4) is 0 Å². The molecule has 0 atom stereocenters. The zero-order valence-electron chi connectivity index (χ0n) is 8.79. The second kappa shape index (κ2) is 4.75. The van der Waals surface area contributed by atoms with E-state index in [-0.39, 0.29) is 5.78 Å². The summed E-state index contributed by atoms with van der Waals surface area (Å²) in [5.41, 5.74) is 1.99. The molecule has 1 aromatic carbocycles. The van der Waals surface area contributed by atoms with Gasteiger partial charge in [-0.05, 0) is 24.0 Å². The van der Waals surface area contributed by atoms with Gasteiger partial charge >= 0.3 is 0 Å². The second-order valence-corrected chi connectivity index (χ2v) is 3.86. The van der Waals surface area contributed by atoms with Crippen LogP contribution in [0.25, 0.3) is 0 Å². The molecule has 0 saturated carbocycles. The van der Waals surface area contributed by atoms with Gasteiger partial charge in [0, 0.05) is 5.56 Å². The molecular weight excluding hydrogens is 172 g/mol. The summed E-state index contributed by atoms with van der Waals surface area (Å²) in [5, 5.41) is 0. The number of carbonyl (C=O) groups excluding carboxylic acids is 1. The molecule has 14 heavy (non-hydrogen) atoms. The Hall–Kier alpha value is -1.37. The SMILES string of the molecule is C=CC(=O)c1ccc(CC(C)C)cc1. The average molecular weight is 188 g/mol. The van der Waals surface area contributed by atoms with Gasteiger partial charge in [-0.3, -0.25) is 4.79 Å². The minimum atomic E-state index is -0.0129. The number of carbonyl (C=O) groups is 1. The fraction of sp³-hybridized carbons (Fsp3) is 0.308. The lowest BCUT2D eigenvalue weighted by Gasteiger charge is -2.04. The molecule has 0 N–H and O–H groups in total. The minimum Gasteiger partial charge on any atom is -0.289 e. The Labute approximate surface area is 85.5 Å². The molecule has 1 nitrogen and oxygen atoms in total. The molecule has 1 aromatic rings. The third-order valence-corrected chi connectivity index (χ3v) is 2.07. The Bertz CT molecular complexity index is 320. The van der Waals surface area contributed by atoms with E-state index in [0.717, 1.165) is 6.42 Å². The van der Waals surface area contributed by atoms with Gasteiger partial charge in [0.15, 0.2) is 5.78 Å². The Morgan fingerprint density at radius 3 is 2.36 bits per heavy atom. The first-order valence-corrected chi connectivity index (χ1v) is 4.89. The molecular formula is C13H16O. The van der Waals surface area contributed by atoms with Gasteiger partial charge in [-0.25, -0.2) is 0 Å². The standard InChI is InChI=1S/C13H16O/c1-4-13(14)12-7-5-11(6-8-12)9-10(2)3/h4-8,10H,1,9H2,2-3H3. The average Bonchev–Trinajstić information content (AvgIpc) is 2.17. The minimum absolute atomic E-state index is 0.0129. The largest absolute Gasteiger partial charge is 0.289 e. The molecule has 0 aliphatic rings. The summed E-state index contributed by atoms with van der Waals surface area (Å²) < 4.78 is 0. The van der Waals surface area contributed by atoms with Crippen molar-refractivity contribution in [1.82, 2.24) is 0 Å². The highest BCUT2D eigenvalue weighted by molar-refractivity contribution is 6.04. The molecule has 0 aromatic heterocycles. The molecule has 1 rings (SSSR count). The van der Waals surface area contributed by atoms with Gasteiger partial charge in [0.05, 0.1) is 0 Å². The lowest BCUT2D eigenvalue weighted by atomic mass is 10.0. The van der Waals surface area contributed by atoms with Gasteiger partial charge in [0.2, 0.25) is 0 Å². The predicted octanol–water partition coefficient (Wildman–Crippen LogP) is 3.25. The zero-order chi connectivity index (χ0) is 10.6. The molecule has 0 saturated heterocycles. The quantitative estimate of drug-likeness (QED) is 0.523. The third kappa shape index (κ3) is 2.84. The van der Waals surface area contributed by atoms with E-state index in [1.807, 2.05) is 24.3 Å². The number of hydrogen-bond acceptors (Lipinski definition) is 1. The van der Waals surface area contributed by atoms with Crippen LogP contribution < -0.4 is 0 Å². The van der Waals surface area contributed by atoms with Crippen LogP contribution in [0.2, 0.25) is 0 Å². The van der Waals surface area contributed by atoms with Crippen LogP contribution in [0, 0.1) is 5.92 Å². The van der Waals surface area contributed by atoms with Crippen molar-refractivity contribution >= 4 is 5.78 Å².